The van der Waals surface area contributed by atoms with Crippen molar-refractivity contribution in [2.45, 2.75) is 65.5 Å². The third-order valence-corrected chi connectivity index (χ3v) is 4.71. The molecule has 116 valence electrons. The molecule has 0 radical (unpaired) electrons. The second-order valence-electron chi connectivity index (χ2n) is 6.19. The number of rotatable bonds is 5. The van der Waals surface area contributed by atoms with Crippen LogP contribution >= 0.6 is 0 Å². The van der Waals surface area contributed by atoms with Crippen LogP contribution in [-0.4, -0.2) is 15.9 Å². The summed E-state index contributed by atoms with van der Waals surface area (Å²) in [6.07, 6.45) is 8.18. The number of hydrogen-bond donors (Lipinski definition) is 1. The average Bonchev–Trinajstić information content (AvgIpc) is 2.46. The van der Waals surface area contributed by atoms with Crippen LogP contribution in [0.5, 0.6) is 0 Å². The second-order valence-corrected chi connectivity index (χ2v) is 6.19. The van der Waals surface area contributed by atoms with Gasteiger partial charge < -0.3 is 5.32 Å². The van der Waals surface area contributed by atoms with Crippen molar-refractivity contribution in [1.82, 2.24) is 10.3 Å². The van der Waals surface area contributed by atoms with E-state index in [0.717, 1.165) is 11.6 Å². The Balaban J connectivity index is 2.03. The highest BCUT2D eigenvalue weighted by molar-refractivity contribution is 5.47. The van der Waals surface area contributed by atoms with Gasteiger partial charge in [-0.05, 0) is 39.5 Å². The molecule has 0 bridgehead atoms. The summed E-state index contributed by atoms with van der Waals surface area (Å²) in [4.78, 5) is 15.2. The lowest BCUT2D eigenvalue weighted by Gasteiger charge is -2.28. The Hall–Kier alpha value is -1.49. The van der Waals surface area contributed by atoms with E-state index in [1.165, 1.54) is 32.1 Å². The fraction of sp³-hybridized carbons (Fsp3) is 0.688. The van der Waals surface area contributed by atoms with E-state index in [-0.39, 0.29) is 10.6 Å². The zero-order valence-corrected chi connectivity index (χ0v) is 13.2. The smallest absolute Gasteiger partial charge is 0.278 e. The van der Waals surface area contributed by atoms with Gasteiger partial charge in [-0.15, -0.1) is 0 Å². The minimum atomic E-state index is -0.305. The molecule has 0 aromatic carbocycles. The maximum Gasteiger partial charge on any atom is 0.278 e. The minimum absolute atomic E-state index is 0.201. The molecule has 1 aromatic rings. The van der Waals surface area contributed by atoms with E-state index in [4.69, 9.17) is 0 Å². The van der Waals surface area contributed by atoms with Crippen LogP contribution in [0.2, 0.25) is 0 Å². The third-order valence-electron chi connectivity index (χ3n) is 4.71. The maximum atomic E-state index is 11.1. The first-order chi connectivity index (χ1) is 10.0. The highest BCUT2D eigenvalue weighted by Gasteiger charge is 2.22. The topological polar surface area (TPSA) is 68.1 Å². The Kier molecular flexibility index (Phi) is 5.28. The van der Waals surface area contributed by atoms with Gasteiger partial charge in [0.15, 0.2) is 0 Å². The molecule has 1 aromatic heterocycles. The van der Waals surface area contributed by atoms with Gasteiger partial charge in [0.2, 0.25) is 0 Å². The predicted molar refractivity (Wildman–Crippen MR) is 83.2 cm³/mol. The lowest BCUT2D eigenvalue weighted by Crippen LogP contribution is -2.34. The molecule has 5 heteroatoms. The van der Waals surface area contributed by atoms with Crippen molar-refractivity contribution >= 4 is 5.69 Å². The van der Waals surface area contributed by atoms with Crippen molar-refractivity contribution in [2.24, 2.45) is 5.92 Å². The van der Waals surface area contributed by atoms with E-state index in [9.17, 15) is 10.1 Å². The molecule has 0 amide bonds. The zero-order valence-electron chi connectivity index (χ0n) is 13.2. The first-order valence-corrected chi connectivity index (χ1v) is 7.83. The van der Waals surface area contributed by atoms with E-state index in [1.54, 1.807) is 20.0 Å². The van der Waals surface area contributed by atoms with Crippen LogP contribution in [0.4, 0.5) is 5.69 Å². The van der Waals surface area contributed by atoms with Gasteiger partial charge in [-0.2, -0.15) is 0 Å². The van der Waals surface area contributed by atoms with Gasteiger partial charge in [-0.25, -0.2) is 0 Å². The highest BCUT2D eigenvalue weighted by atomic mass is 16.6. The number of nitro groups is 1. The van der Waals surface area contributed by atoms with Crippen molar-refractivity contribution in [3.05, 3.63) is 33.1 Å². The van der Waals surface area contributed by atoms with E-state index >= 15 is 0 Å². The lowest BCUT2D eigenvalue weighted by molar-refractivity contribution is -0.386. The molecular formula is C16H25N3O2. The van der Waals surface area contributed by atoms with E-state index in [2.05, 4.69) is 17.2 Å². The molecule has 1 atom stereocenters. The summed E-state index contributed by atoms with van der Waals surface area (Å²) in [5, 5.41) is 14.6. The van der Waals surface area contributed by atoms with Crippen molar-refractivity contribution < 1.29 is 4.92 Å². The number of nitrogens with zero attached hydrogens (tertiary/aromatic N) is 2. The van der Waals surface area contributed by atoms with Crippen LogP contribution in [-0.2, 0) is 6.54 Å². The van der Waals surface area contributed by atoms with Crippen LogP contribution in [0.15, 0.2) is 6.20 Å². The van der Waals surface area contributed by atoms with Gasteiger partial charge in [-0.1, -0.05) is 19.3 Å². The summed E-state index contributed by atoms with van der Waals surface area (Å²) in [6.45, 7) is 6.35. The molecule has 0 saturated heterocycles. The summed E-state index contributed by atoms with van der Waals surface area (Å²) in [7, 11) is 0. The average molecular weight is 291 g/mol. The second kappa shape index (κ2) is 6.98. The molecule has 0 spiro atoms. The largest absolute Gasteiger partial charge is 0.308 e. The summed E-state index contributed by atoms with van der Waals surface area (Å²) in [5.74, 6) is 0.722. The van der Waals surface area contributed by atoms with Gasteiger partial charge in [0.1, 0.15) is 0 Å². The van der Waals surface area contributed by atoms with Crippen LogP contribution in [0.25, 0.3) is 0 Å². The Morgan fingerprint density at radius 1 is 1.38 bits per heavy atom. The Bertz CT molecular complexity index is 510. The van der Waals surface area contributed by atoms with Crippen molar-refractivity contribution in [1.29, 1.82) is 0 Å². The Labute approximate surface area is 126 Å². The van der Waals surface area contributed by atoms with Gasteiger partial charge in [-0.3, -0.25) is 15.1 Å². The monoisotopic (exact) mass is 291 g/mol. The normalized spacial score (nSPS) is 17.7. The van der Waals surface area contributed by atoms with Gasteiger partial charge in [0.05, 0.1) is 10.6 Å². The quantitative estimate of drug-likeness (QED) is 0.664. The van der Waals surface area contributed by atoms with Crippen molar-refractivity contribution in [3.8, 4) is 0 Å². The van der Waals surface area contributed by atoms with Gasteiger partial charge in [0.25, 0.3) is 5.69 Å². The minimum Gasteiger partial charge on any atom is -0.308 e. The molecule has 1 aliphatic rings. The molecule has 1 N–H and O–H groups in total. The number of aryl methyl sites for hydroxylation is 1. The van der Waals surface area contributed by atoms with Crippen molar-refractivity contribution in [3.63, 3.8) is 0 Å². The van der Waals surface area contributed by atoms with Gasteiger partial charge >= 0.3 is 0 Å². The molecule has 0 aliphatic heterocycles. The Morgan fingerprint density at radius 3 is 2.67 bits per heavy atom. The van der Waals surface area contributed by atoms with Crippen LogP contribution < -0.4 is 5.32 Å². The summed E-state index contributed by atoms with van der Waals surface area (Å²) >= 11 is 0. The summed E-state index contributed by atoms with van der Waals surface area (Å²) in [5.41, 5.74) is 2.30. The zero-order chi connectivity index (χ0) is 15.4. The third kappa shape index (κ3) is 3.79. The molecule has 21 heavy (non-hydrogen) atoms. The standard InChI is InChI=1S/C16H25N3O2/c1-11-9-18-15(12(2)16(11)19(20)21)10-17-13(3)14-7-5-4-6-8-14/h9,13-14,17H,4-8,10H2,1-3H3/t13-/m0/s1. The van der Waals surface area contributed by atoms with E-state index in [1.807, 2.05) is 0 Å². The SMILES string of the molecule is Cc1cnc(CN[C@@H](C)C2CCCCC2)c(C)c1[N+](=O)[O-]. The number of aromatic nitrogens is 1. The summed E-state index contributed by atoms with van der Waals surface area (Å²) in [6, 6.07) is 0.437. The number of hydrogen-bond acceptors (Lipinski definition) is 4. The van der Waals surface area contributed by atoms with Crippen LogP contribution in [0.3, 0.4) is 0 Å². The molecule has 1 saturated carbocycles. The molecule has 1 aliphatic carbocycles. The maximum absolute atomic E-state index is 11.1. The Morgan fingerprint density at radius 2 is 2.05 bits per heavy atom. The number of pyridine rings is 1. The highest BCUT2D eigenvalue weighted by Crippen LogP contribution is 2.27. The molecule has 0 unspecified atom stereocenters. The molecular weight excluding hydrogens is 266 g/mol. The molecule has 1 heterocycles. The van der Waals surface area contributed by atoms with E-state index in [0.29, 0.717) is 23.7 Å². The first-order valence-electron chi connectivity index (χ1n) is 7.83. The number of nitrogens with one attached hydrogen (secondary N) is 1. The van der Waals surface area contributed by atoms with Gasteiger partial charge in [0, 0.05) is 29.9 Å². The molecule has 1 fully saturated rings. The lowest BCUT2D eigenvalue weighted by atomic mass is 9.84. The predicted octanol–water partition coefficient (Wildman–Crippen LogP) is 3.67. The molecule has 5 nitrogen and oxygen atoms in total. The first kappa shape index (κ1) is 15.9. The fourth-order valence-corrected chi connectivity index (χ4v) is 3.28. The van der Waals surface area contributed by atoms with Crippen LogP contribution in [0, 0.1) is 29.9 Å². The fourth-order valence-electron chi connectivity index (χ4n) is 3.28. The van der Waals surface area contributed by atoms with Crippen molar-refractivity contribution in [2.75, 3.05) is 0 Å². The van der Waals surface area contributed by atoms with E-state index < -0.39 is 0 Å². The summed E-state index contributed by atoms with van der Waals surface area (Å²) < 4.78 is 0. The molecule has 2 rings (SSSR count). The van der Waals surface area contributed by atoms with Crippen LogP contribution in [0.1, 0.15) is 55.8 Å².